The second-order valence-corrected chi connectivity index (χ2v) is 18.7. The first-order chi connectivity index (χ1) is 32.2. The van der Waals surface area contributed by atoms with Crippen LogP contribution >= 0.6 is 0 Å². The molecule has 67 heavy (non-hydrogen) atoms. The van der Waals surface area contributed by atoms with Crippen LogP contribution in [0.25, 0.3) is 10.9 Å². The van der Waals surface area contributed by atoms with Crippen molar-refractivity contribution in [2.75, 3.05) is 69.7 Å². The van der Waals surface area contributed by atoms with Crippen molar-refractivity contribution in [1.82, 2.24) is 39.7 Å². The fourth-order valence-electron chi connectivity index (χ4n) is 11.1. The van der Waals surface area contributed by atoms with Crippen LogP contribution in [0.4, 0.5) is 24.5 Å². The Morgan fingerprint density at radius 1 is 0.896 bits per heavy atom. The predicted molar refractivity (Wildman–Crippen MR) is 236 cm³/mol. The van der Waals surface area contributed by atoms with Gasteiger partial charge in [-0.25, -0.2) is 4.98 Å². The van der Waals surface area contributed by atoms with Crippen LogP contribution in [-0.2, 0) is 27.1 Å². The van der Waals surface area contributed by atoms with Crippen molar-refractivity contribution in [3.8, 4) is 5.75 Å². The number of carbonyl (C=O) groups excluding carboxylic acids is 6. The number of piperidine rings is 3. The van der Waals surface area contributed by atoms with Gasteiger partial charge in [0.1, 0.15) is 23.2 Å². The van der Waals surface area contributed by atoms with Crippen LogP contribution in [0.5, 0.6) is 5.75 Å². The molecule has 5 saturated heterocycles. The zero-order valence-corrected chi connectivity index (χ0v) is 37.0. The lowest BCUT2D eigenvalue weighted by Gasteiger charge is -2.48. The summed E-state index contributed by atoms with van der Waals surface area (Å²) >= 11 is 0. The molecule has 2 N–H and O–H groups in total. The predicted octanol–water partition coefficient (Wildman–Crippen LogP) is 4.17. The van der Waals surface area contributed by atoms with Crippen LogP contribution in [0.1, 0.15) is 88.3 Å². The molecule has 6 amide bonds. The second-order valence-electron chi connectivity index (χ2n) is 18.7. The topological polar surface area (TPSA) is 183 Å². The highest BCUT2D eigenvalue weighted by Gasteiger charge is 2.48. The van der Waals surface area contributed by atoms with E-state index in [-0.39, 0.29) is 53.2 Å². The summed E-state index contributed by atoms with van der Waals surface area (Å²) in [5, 5.41) is 10.3. The number of halogens is 3. The monoisotopic (exact) mass is 924 g/mol. The largest absolute Gasteiger partial charge is 0.494 e. The van der Waals surface area contributed by atoms with E-state index in [4.69, 9.17) is 9.84 Å². The number of fused-ring (bicyclic) bond motifs is 4. The first-order valence-corrected chi connectivity index (χ1v) is 22.9. The van der Waals surface area contributed by atoms with Gasteiger partial charge in [0, 0.05) is 82.0 Å². The molecule has 2 aromatic heterocycles. The maximum Gasteiger partial charge on any atom is 0.433 e. The molecule has 10 rings (SSSR count). The summed E-state index contributed by atoms with van der Waals surface area (Å²) in [5.41, 5.74) is 0.765. The Labute approximate surface area is 383 Å². The van der Waals surface area contributed by atoms with Gasteiger partial charge in [0.25, 0.3) is 17.7 Å². The van der Waals surface area contributed by atoms with Crippen LogP contribution in [0, 0.1) is 5.41 Å². The number of anilines is 2. The number of piperazine rings is 1. The summed E-state index contributed by atoms with van der Waals surface area (Å²) in [4.78, 5) is 91.8. The van der Waals surface area contributed by atoms with Crippen LogP contribution in [0.2, 0.25) is 0 Å². The van der Waals surface area contributed by atoms with Crippen molar-refractivity contribution in [1.29, 1.82) is 0 Å². The minimum absolute atomic E-state index is 0.0655. The molecule has 8 heterocycles. The summed E-state index contributed by atoms with van der Waals surface area (Å²) < 4.78 is 46.9. The zero-order chi connectivity index (χ0) is 46.8. The Morgan fingerprint density at radius 3 is 2.31 bits per heavy atom. The summed E-state index contributed by atoms with van der Waals surface area (Å²) in [6, 6.07) is 11.3. The van der Waals surface area contributed by atoms with E-state index in [1.54, 1.807) is 24.3 Å². The molecular weight excluding hydrogens is 874 g/mol. The molecule has 4 aromatic rings. The number of nitrogens with zero attached hydrogens (tertiary/aromatic N) is 8. The molecule has 1 spiro atoms. The van der Waals surface area contributed by atoms with Gasteiger partial charge in [0.2, 0.25) is 17.7 Å². The van der Waals surface area contributed by atoms with Gasteiger partial charge in [-0.3, -0.25) is 53.5 Å². The Balaban J connectivity index is 0.698. The second kappa shape index (κ2) is 17.3. The van der Waals surface area contributed by atoms with E-state index >= 15 is 0 Å². The van der Waals surface area contributed by atoms with Gasteiger partial charge in [0.15, 0.2) is 0 Å². The molecule has 2 aromatic carbocycles. The number of ether oxygens (including phenoxy) is 1. The molecule has 5 fully saturated rings. The van der Waals surface area contributed by atoms with E-state index in [1.807, 2.05) is 21.8 Å². The first kappa shape index (κ1) is 44.4. The average molecular weight is 925 g/mol. The number of amides is 6. The number of hydrogen-bond donors (Lipinski definition) is 2. The Kier molecular flexibility index (Phi) is 11.5. The number of alkyl halides is 3. The Bertz CT molecular complexity index is 2660. The summed E-state index contributed by atoms with van der Waals surface area (Å²) in [6.45, 7) is 6.26. The average Bonchev–Trinajstić information content (AvgIpc) is 3.91. The number of methoxy groups -OCH3 is 1. The number of benzene rings is 2. The maximum atomic E-state index is 13.8. The van der Waals surface area contributed by atoms with Gasteiger partial charge in [0.05, 0.1) is 48.2 Å². The van der Waals surface area contributed by atoms with Gasteiger partial charge in [-0.15, -0.1) is 0 Å². The number of pyridine rings is 1. The lowest BCUT2D eigenvalue weighted by atomic mass is 9.71. The van der Waals surface area contributed by atoms with E-state index < -0.39 is 47.4 Å². The molecular formula is C47H51F3N10O7. The van der Waals surface area contributed by atoms with Crippen molar-refractivity contribution in [3.05, 3.63) is 77.2 Å². The lowest BCUT2D eigenvalue weighted by molar-refractivity contribution is -0.141. The molecule has 0 saturated carbocycles. The summed E-state index contributed by atoms with van der Waals surface area (Å²) in [7, 11) is 1.43. The van der Waals surface area contributed by atoms with Crippen molar-refractivity contribution in [3.63, 3.8) is 0 Å². The summed E-state index contributed by atoms with van der Waals surface area (Å²) in [5.74, 6) is -2.38. The van der Waals surface area contributed by atoms with Crippen LogP contribution in [0.15, 0.2) is 54.7 Å². The van der Waals surface area contributed by atoms with Gasteiger partial charge in [-0.2, -0.15) is 18.3 Å². The molecule has 3 atom stereocenters. The molecule has 6 aliphatic heterocycles. The van der Waals surface area contributed by atoms with Crippen molar-refractivity contribution >= 4 is 57.7 Å². The normalized spacial score (nSPS) is 23.3. The Hall–Kier alpha value is -6.41. The zero-order valence-electron chi connectivity index (χ0n) is 37.0. The quantitative estimate of drug-likeness (QED) is 0.217. The fraction of sp³-hybridized carbons (Fsp3) is 0.489. The molecule has 2 bridgehead atoms. The third kappa shape index (κ3) is 8.49. The number of rotatable bonds is 10. The number of hydrogen-bond acceptors (Lipinski definition) is 12. The third-order valence-electron chi connectivity index (χ3n) is 14.9. The van der Waals surface area contributed by atoms with E-state index in [0.717, 1.165) is 80.6 Å². The molecule has 17 nitrogen and oxygen atoms in total. The highest BCUT2D eigenvalue weighted by Crippen LogP contribution is 2.44. The molecule has 6 aliphatic rings. The number of likely N-dealkylation sites (tertiary alicyclic amines) is 2. The number of imide groups is 2. The van der Waals surface area contributed by atoms with Crippen LogP contribution in [0.3, 0.4) is 0 Å². The number of carbonyl (C=O) groups is 6. The van der Waals surface area contributed by atoms with Gasteiger partial charge in [-0.1, -0.05) is 12.1 Å². The molecule has 0 aliphatic carbocycles. The lowest BCUT2D eigenvalue weighted by Crippen LogP contribution is -2.57. The standard InChI is InChI=1S/C47H51F3N10O7/c1-67-37-23-33-28(22-34(37)52-42(63)32-5-3-7-38(51-32)47(48,49)50)24-58(54-33)21-20-55-25-29-8-9-30(26-55)59(29)27-40(62)57-18-14-46(15-19-57)12-16-56(17-13-46)35-6-2-4-31-41(35)45(66)60(44(31)65)36-10-11-39(61)53-43(36)64/h2-7,22-24,29-30,36H,8-21,25-27H2,1H3,(H,52,63)(H,53,61,64). The fourth-order valence-corrected chi connectivity index (χ4v) is 11.1. The minimum atomic E-state index is -4.69. The van der Waals surface area contributed by atoms with Gasteiger partial charge in [-0.05, 0) is 80.7 Å². The van der Waals surface area contributed by atoms with E-state index in [2.05, 4.69) is 30.3 Å². The smallest absolute Gasteiger partial charge is 0.433 e. The molecule has 20 heteroatoms. The van der Waals surface area contributed by atoms with Crippen molar-refractivity contribution in [2.24, 2.45) is 5.41 Å². The van der Waals surface area contributed by atoms with Crippen LogP contribution < -0.4 is 20.3 Å². The molecule has 352 valence electrons. The van der Waals surface area contributed by atoms with Gasteiger partial charge < -0.3 is 19.9 Å². The van der Waals surface area contributed by atoms with Crippen LogP contribution in [-0.4, -0.2) is 147 Å². The third-order valence-corrected chi connectivity index (χ3v) is 14.9. The Morgan fingerprint density at radius 2 is 1.61 bits per heavy atom. The maximum absolute atomic E-state index is 13.8. The van der Waals surface area contributed by atoms with E-state index in [0.29, 0.717) is 61.8 Å². The highest BCUT2D eigenvalue weighted by molar-refractivity contribution is 6.25. The van der Waals surface area contributed by atoms with Crippen molar-refractivity contribution < 1.29 is 46.7 Å². The van der Waals surface area contributed by atoms with Crippen molar-refractivity contribution in [2.45, 2.75) is 82.2 Å². The van der Waals surface area contributed by atoms with Gasteiger partial charge >= 0.3 is 6.18 Å². The minimum Gasteiger partial charge on any atom is -0.494 e. The molecule has 3 unspecified atom stereocenters. The SMILES string of the molecule is COc1cc2nn(CCN3CC4CCC(C3)N4CC(=O)N3CCC4(CC3)CCN(c3cccc5c3C(=O)N(C3CCC(=O)NC3=O)C5=O)CC4)cc2cc1NC(=O)c1cccc(C(F)(F)F)n1. The highest BCUT2D eigenvalue weighted by atomic mass is 19.4. The number of nitrogens with one attached hydrogen (secondary N) is 2. The molecule has 0 radical (unpaired) electrons. The number of aromatic nitrogens is 3. The van der Waals surface area contributed by atoms with E-state index in [9.17, 15) is 41.9 Å². The summed E-state index contributed by atoms with van der Waals surface area (Å²) in [6.07, 6.45) is 3.02. The first-order valence-electron chi connectivity index (χ1n) is 22.9. The van der Waals surface area contributed by atoms with E-state index in [1.165, 1.54) is 13.2 Å².